The number of furan rings is 1. The summed E-state index contributed by atoms with van der Waals surface area (Å²) < 4.78 is 6.80. The number of halogens is 3. The van der Waals surface area contributed by atoms with Gasteiger partial charge in [0, 0.05) is 30.9 Å². The third kappa shape index (κ3) is 4.14. The molecule has 1 aliphatic heterocycles. The Hall–Kier alpha value is -2.44. The SMILES string of the molecule is O=C(/C=C/c1ccc(-c2ccc(Br)cc2Cl)o1)N1c2ccccc2Sc2ccc(Cl)cc21. The third-order valence-electron chi connectivity index (χ3n) is 4.92. The molecule has 1 aliphatic rings. The van der Waals surface area contributed by atoms with Gasteiger partial charge in [-0.05, 0) is 66.7 Å². The number of amides is 1. The van der Waals surface area contributed by atoms with Crippen molar-refractivity contribution in [1.29, 1.82) is 0 Å². The molecule has 0 fully saturated rings. The number of carbonyl (C=O) groups is 1. The molecule has 32 heavy (non-hydrogen) atoms. The van der Waals surface area contributed by atoms with E-state index in [1.165, 1.54) is 6.08 Å². The second-order valence-electron chi connectivity index (χ2n) is 7.01. The summed E-state index contributed by atoms with van der Waals surface area (Å²) >= 11 is 17.6. The number of nitrogens with zero attached hydrogens (tertiary/aromatic N) is 1. The first-order valence-corrected chi connectivity index (χ1v) is 12.0. The molecule has 3 nitrogen and oxygen atoms in total. The zero-order valence-corrected chi connectivity index (χ0v) is 20.3. The highest BCUT2D eigenvalue weighted by atomic mass is 79.9. The minimum atomic E-state index is -0.194. The maximum Gasteiger partial charge on any atom is 0.255 e. The lowest BCUT2D eigenvalue weighted by molar-refractivity contribution is -0.113. The molecule has 1 amide bonds. The van der Waals surface area contributed by atoms with Crippen LogP contribution in [0.2, 0.25) is 10.0 Å². The summed E-state index contributed by atoms with van der Waals surface area (Å²) in [6.45, 7) is 0. The maximum absolute atomic E-state index is 13.3. The third-order valence-corrected chi connectivity index (χ3v) is 7.09. The normalized spacial score (nSPS) is 12.7. The fourth-order valence-electron chi connectivity index (χ4n) is 3.47. The molecule has 7 heteroatoms. The van der Waals surface area contributed by atoms with E-state index in [4.69, 9.17) is 27.6 Å². The topological polar surface area (TPSA) is 33.5 Å². The van der Waals surface area contributed by atoms with Gasteiger partial charge in [-0.3, -0.25) is 9.69 Å². The fourth-order valence-corrected chi connectivity index (χ4v) is 5.44. The summed E-state index contributed by atoms with van der Waals surface area (Å²) in [4.78, 5) is 17.0. The number of fused-ring (bicyclic) bond motifs is 2. The van der Waals surface area contributed by atoms with Crippen molar-refractivity contribution in [3.8, 4) is 11.3 Å². The summed E-state index contributed by atoms with van der Waals surface area (Å²) in [6.07, 6.45) is 3.16. The van der Waals surface area contributed by atoms with Gasteiger partial charge in [-0.1, -0.05) is 63.0 Å². The van der Waals surface area contributed by atoms with E-state index in [0.29, 0.717) is 21.6 Å². The Bertz CT molecular complexity index is 1380. The van der Waals surface area contributed by atoms with Crippen molar-refractivity contribution in [2.75, 3.05) is 4.90 Å². The molecule has 0 saturated carbocycles. The molecule has 0 bridgehead atoms. The maximum atomic E-state index is 13.3. The van der Waals surface area contributed by atoms with E-state index in [1.807, 2.05) is 72.8 Å². The van der Waals surface area contributed by atoms with Crippen molar-refractivity contribution in [3.63, 3.8) is 0 Å². The highest BCUT2D eigenvalue weighted by Crippen LogP contribution is 2.48. The largest absolute Gasteiger partial charge is 0.457 e. The molecule has 3 aromatic carbocycles. The molecule has 158 valence electrons. The van der Waals surface area contributed by atoms with Crippen molar-refractivity contribution in [2.24, 2.45) is 0 Å². The molecule has 1 aromatic heterocycles. The number of anilines is 2. The smallest absolute Gasteiger partial charge is 0.255 e. The Balaban J connectivity index is 1.46. The van der Waals surface area contributed by atoms with Gasteiger partial charge in [0.1, 0.15) is 11.5 Å². The standard InChI is InChI=1S/C25H14BrCl2NO2S/c26-15-5-9-18(19(28)13-15)22-10-7-17(31-22)8-12-25(30)29-20-3-1-2-4-23(20)32-24-11-6-16(27)14-21(24)29/h1-14H/b12-8+. The Morgan fingerprint density at radius 1 is 0.938 bits per heavy atom. The Morgan fingerprint density at radius 2 is 1.75 bits per heavy atom. The van der Waals surface area contributed by atoms with Crippen LogP contribution in [0.1, 0.15) is 5.76 Å². The number of hydrogen-bond acceptors (Lipinski definition) is 3. The summed E-state index contributed by atoms with van der Waals surface area (Å²) in [5.74, 6) is 0.991. The number of rotatable bonds is 3. The van der Waals surface area contributed by atoms with Crippen molar-refractivity contribution in [3.05, 3.63) is 99.2 Å². The van der Waals surface area contributed by atoms with E-state index >= 15 is 0 Å². The van der Waals surface area contributed by atoms with Gasteiger partial charge in [0.05, 0.1) is 16.4 Å². The molecular formula is C25H14BrCl2NO2S. The Labute approximate surface area is 207 Å². The average molecular weight is 543 g/mol. The van der Waals surface area contributed by atoms with Gasteiger partial charge in [0.15, 0.2) is 0 Å². The van der Waals surface area contributed by atoms with Crippen LogP contribution in [0, 0.1) is 0 Å². The van der Waals surface area contributed by atoms with Crippen molar-refractivity contribution >= 4 is 74.3 Å². The van der Waals surface area contributed by atoms with Gasteiger partial charge >= 0.3 is 0 Å². The highest BCUT2D eigenvalue weighted by molar-refractivity contribution is 9.10. The summed E-state index contributed by atoms with van der Waals surface area (Å²) in [5, 5.41) is 1.16. The monoisotopic (exact) mass is 541 g/mol. The fraction of sp³-hybridized carbons (Fsp3) is 0. The van der Waals surface area contributed by atoms with Gasteiger partial charge in [-0.2, -0.15) is 0 Å². The summed E-state index contributed by atoms with van der Waals surface area (Å²) in [7, 11) is 0. The van der Waals surface area contributed by atoms with Crippen molar-refractivity contribution < 1.29 is 9.21 Å². The summed E-state index contributed by atoms with van der Waals surface area (Å²) in [5.41, 5.74) is 2.37. The van der Waals surface area contributed by atoms with E-state index in [-0.39, 0.29) is 5.91 Å². The summed E-state index contributed by atoms with van der Waals surface area (Å²) in [6, 6.07) is 22.6. The Morgan fingerprint density at radius 3 is 2.59 bits per heavy atom. The molecule has 0 unspecified atom stereocenters. The molecule has 0 atom stereocenters. The number of carbonyl (C=O) groups excluding carboxylic acids is 1. The van der Waals surface area contributed by atoms with Gasteiger partial charge in [0.2, 0.25) is 0 Å². The van der Waals surface area contributed by atoms with Crippen LogP contribution < -0.4 is 4.90 Å². The first-order valence-electron chi connectivity index (χ1n) is 9.63. The quantitative estimate of drug-likeness (QED) is 0.242. The average Bonchev–Trinajstić information content (AvgIpc) is 3.24. The van der Waals surface area contributed by atoms with Gasteiger partial charge < -0.3 is 4.42 Å². The van der Waals surface area contributed by atoms with Gasteiger partial charge in [-0.25, -0.2) is 0 Å². The van der Waals surface area contributed by atoms with Crippen LogP contribution in [0.3, 0.4) is 0 Å². The minimum Gasteiger partial charge on any atom is -0.457 e. The number of benzene rings is 3. The predicted octanol–water partition coefficient (Wildman–Crippen LogP) is 8.86. The molecule has 0 aliphatic carbocycles. The lowest BCUT2D eigenvalue weighted by atomic mass is 10.2. The molecule has 0 N–H and O–H groups in total. The van der Waals surface area contributed by atoms with Crippen LogP contribution in [0.25, 0.3) is 17.4 Å². The lowest BCUT2D eigenvalue weighted by Gasteiger charge is -2.30. The van der Waals surface area contributed by atoms with Crippen LogP contribution in [-0.2, 0) is 4.79 Å². The van der Waals surface area contributed by atoms with Crippen molar-refractivity contribution in [2.45, 2.75) is 9.79 Å². The second kappa shape index (κ2) is 8.83. The highest BCUT2D eigenvalue weighted by Gasteiger charge is 2.27. The molecule has 0 spiro atoms. The Kier molecular flexibility index (Phi) is 5.91. The van der Waals surface area contributed by atoms with Crippen LogP contribution in [0.5, 0.6) is 0 Å². The first-order chi connectivity index (χ1) is 15.5. The van der Waals surface area contributed by atoms with E-state index < -0.39 is 0 Å². The molecule has 5 rings (SSSR count). The van der Waals surface area contributed by atoms with E-state index in [2.05, 4.69) is 15.9 Å². The van der Waals surface area contributed by atoms with Crippen molar-refractivity contribution in [1.82, 2.24) is 0 Å². The number of para-hydroxylation sites is 1. The van der Waals surface area contributed by atoms with E-state index in [9.17, 15) is 4.79 Å². The molecule has 0 saturated heterocycles. The minimum absolute atomic E-state index is 0.194. The zero-order valence-electron chi connectivity index (χ0n) is 16.4. The zero-order chi connectivity index (χ0) is 22.2. The number of hydrogen-bond donors (Lipinski definition) is 0. The lowest BCUT2D eigenvalue weighted by Crippen LogP contribution is -2.26. The molecule has 0 radical (unpaired) electrons. The van der Waals surface area contributed by atoms with Gasteiger partial charge in [-0.15, -0.1) is 0 Å². The van der Waals surface area contributed by atoms with Crippen LogP contribution in [-0.4, -0.2) is 5.91 Å². The molecule has 4 aromatic rings. The first kappa shape index (κ1) is 21.4. The van der Waals surface area contributed by atoms with Gasteiger partial charge in [0.25, 0.3) is 5.91 Å². The predicted molar refractivity (Wildman–Crippen MR) is 135 cm³/mol. The molecule has 2 heterocycles. The van der Waals surface area contributed by atoms with Crippen LogP contribution >= 0.6 is 50.9 Å². The van der Waals surface area contributed by atoms with Crippen LogP contribution in [0.4, 0.5) is 11.4 Å². The molecular weight excluding hydrogens is 529 g/mol. The van der Waals surface area contributed by atoms with E-state index in [1.54, 1.807) is 22.7 Å². The second-order valence-corrected chi connectivity index (χ2v) is 9.86. The van der Waals surface area contributed by atoms with Crippen LogP contribution in [0.15, 0.2) is 97.6 Å². The van der Waals surface area contributed by atoms with E-state index in [0.717, 1.165) is 31.2 Å².